The molecule has 1 heterocycles. The first-order chi connectivity index (χ1) is 11.7. The normalized spacial score (nSPS) is 22.7. The molecule has 2 atom stereocenters. The van der Waals surface area contributed by atoms with Crippen molar-refractivity contribution in [3.8, 4) is 0 Å². The number of likely N-dealkylation sites (tertiary alicyclic amines) is 1. The van der Waals surface area contributed by atoms with Gasteiger partial charge in [-0.25, -0.2) is 0 Å². The molecule has 24 heavy (non-hydrogen) atoms. The second kappa shape index (κ2) is 8.95. The van der Waals surface area contributed by atoms with Gasteiger partial charge in [0.25, 0.3) is 0 Å². The van der Waals surface area contributed by atoms with Crippen LogP contribution >= 0.6 is 0 Å². The average Bonchev–Trinajstić information content (AvgIpc) is 3.11. The predicted molar refractivity (Wildman–Crippen MR) is 97.3 cm³/mol. The van der Waals surface area contributed by atoms with Gasteiger partial charge < -0.3 is 19.6 Å². The van der Waals surface area contributed by atoms with E-state index in [1.54, 1.807) is 0 Å². The lowest BCUT2D eigenvalue weighted by molar-refractivity contribution is -0.0263. The Hall–Kier alpha value is -0.940. The first kappa shape index (κ1) is 17.9. The minimum atomic E-state index is -0.414. The lowest BCUT2D eigenvalue weighted by atomic mass is 9.89. The van der Waals surface area contributed by atoms with Crippen LogP contribution in [-0.4, -0.2) is 67.4 Å². The number of hydrogen-bond donors (Lipinski definition) is 1. The minimum absolute atomic E-state index is 0.152. The second-order valence-corrected chi connectivity index (χ2v) is 7.38. The van der Waals surface area contributed by atoms with Gasteiger partial charge in [-0.3, -0.25) is 0 Å². The molecule has 134 valence electrons. The van der Waals surface area contributed by atoms with E-state index < -0.39 is 6.10 Å². The number of rotatable bonds is 8. The summed E-state index contributed by atoms with van der Waals surface area (Å²) in [5.74, 6) is 0. The van der Waals surface area contributed by atoms with E-state index in [1.807, 2.05) is 0 Å². The zero-order chi connectivity index (χ0) is 16.8. The molecule has 1 saturated heterocycles. The number of benzene rings is 1. The van der Waals surface area contributed by atoms with Crippen LogP contribution in [0.2, 0.25) is 0 Å². The zero-order valence-electron chi connectivity index (χ0n) is 15.0. The van der Waals surface area contributed by atoms with Gasteiger partial charge in [-0.15, -0.1) is 0 Å². The van der Waals surface area contributed by atoms with Gasteiger partial charge in [0.2, 0.25) is 0 Å². The van der Waals surface area contributed by atoms with Crippen molar-refractivity contribution in [2.24, 2.45) is 0 Å². The molecule has 0 amide bonds. The van der Waals surface area contributed by atoms with Crippen LogP contribution in [0.15, 0.2) is 24.3 Å². The molecule has 4 heteroatoms. The molecule has 2 aliphatic rings. The third-order valence-electron chi connectivity index (χ3n) is 5.32. The fraction of sp³-hybridized carbons (Fsp3) is 0.700. The van der Waals surface area contributed by atoms with Crippen LogP contribution in [-0.2, 0) is 11.2 Å². The molecule has 0 saturated carbocycles. The van der Waals surface area contributed by atoms with Crippen LogP contribution in [0.4, 0.5) is 0 Å². The van der Waals surface area contributed by atoms with Gasteiger partial charge in [0.1, 0.15) is 0 Å². The van der Waals surface area contributed by atoms with Crippen molar-refractivity contribution in [3.05, 3.63) is 35.4 Å². The Morgan fingerprint density at radius 2 is 2.04 bits per heavy atom. The van der Waals surface area contributed by atoms with Crippen LogP contribution in [0.5, 0.6) is 0 Å². The highest BCUT2D eigenvalue weighted by molar-refractivity contribution is 5.31. The van der Waals surface area contributed by atoms with Crippen molar-refractivity contribution in [1.29, 1.82) is 0 Å². The minimum Gasteiger partial charge on any atom is -0.389 e. The predicted octanol–water partition coefficient (Wildman–Crippen LogP) is 2.47. The first-order valence-corrected chi connectivity index (χ1v) is 9.51. The third kappa shape index (κ3) is 5.03. The van der Waals surface area contributed by atoms with Crippen LogP contribution < -0.4 is 0 Å². The fourth-order valence-electron chi connectivity index (χ4n) is 3.93. The van der Waals surface area contributed by atoms with E-state index in [4.69, 9.17) is 4.74 Å². The van der Waals surface area contributed by atoms with Gasteiger partial charge in [0.05, 0.1) is 18.8 Å². The Morgan fingerprint density at radius 1 is 1.25 bits per heavy atom. The smallest absolute Gasteiger partial charge is 0.0900 e. The summed E-state index contributed by atoms with van der Waals surface area (Å²) >= 11 is 0. The Labute approximate surface area is 146 Å². The molecule has 0 radical (unpaired) electrons. The summed E-state index contributed by atoms with van der Waals surface area (Å²) in [6, 6.07) is 8.57. The van der Waals surface area contributed by atoms with Gasteiger partial charge in [0, 0.05) is 19.6 Å². The standard InChI is InChI=1S/C20H32N2O2/c1-21(13-14-22-11-4-5-12-22)15-18(23)16-24-20-10-6-8-17-7-2-3-9-19(17)20/h2-3,7,9,18,20,23H,4-6,8,10-16H2,1H3. The molecular weight excluding hydrogens is 300 g/mol. The number of aryl methyl sites for hydroxylation is 1. The molecule has 1 N–H and O–H groups in total. The number of likely N-dealkylation sites (N-methyl/N-ethyl adjacent to an activating group) is 1. The van der Waals surface area contributed by atoms with E-state index in [0.29, 0.717) is 13.2 Å². The largest absolute Gasteiger partial charge is 0.389 e. The summed E-state index contributed by atoms with van der Waals surface area (Å²) in [6.45, 7) is 5.71. The quantitative estimate of drug-likeness (QED) is 0.793. The van der Waals surface area contributed by atoms with Gasteiger partial charge in [0.15, 0.2) is 0 Å². The van der Waals surface area contributed by atoms with Crippen LogP contribution in [0, 0.1) is 0 Å². The number of fused-ring (bicyclic) bond motifs is 1. The van der Waals surface area contributed by atoms with Crippen molar-refractivity contribution in [3.63, 3.8) is 0 Å². The van der Waals surface area contributed by atoms with Crippen LogP contribution in [0.3, 0.4) is 0 Å². The van der Waals surface area contributed by atoms with Crippen molar-refractivity contribution >= 4 is 0 Å². The summed E-state index contributed by atoms with van der Waals surface area (Å²) in [4.78, 5) is 4.74. The van der Waals surface area contributed by atoms with Crippen LogP contribution in [0.25, 0.3) is 0 Å². The molecule has 0 spiro atoms. The SMILES string of the molecule is CN(CCN1CCCC1)CC(O)COC1CCCc2ccccc21. The summed E-state index contributed by atoms with van der Waals surface area (Å²) in [7, 11) is 2.09. The Balaban J connectivity index is 1.38. The zero-order valence-corrected chi connectivity index (χ0v) is 15.0. The first-order valence-electron chi connectivity index (χ1n) is 9.51. The van der Waals surface area contributed by atoms with E-state index >= 15 is 0 Å². The Morgan fingerprint density at radius 3 is 2.88 bits per heavy atom. The Bertz CT molecular complexity index is 502. The molecule has 4 nitrogen and oxygen atoms in total. The van der Waals surface area contributed by atoms with Gasteiger partial charge in [-0.1, -0.05) is 24.3 Å². The molecule has 0 bridgehead atoms. The van der Waals surface area contributed by atoms with Gasteiger partial charge in [-0.2, -0.15) is 0 Å². The molecule has 1 fully saturated rings. The van der Waals surface area contributed by atoms with E-state index in [9.17, 15) is 5.11 Å². The molecule has 1 aliphatic heterocycles. The number of nitrogens with zero attached hydrogens (tertiary/aromatic N) is 2. The maximum atomic E-state index is 10.3. The maximum Gasteiger partial charge on any atom is 0.0900 e. The molecule has 2 unspecified atom stereocenters. The number of hydrogen-bond acceptors (Lipinski definition) is 4. The monoisotopic (exact) mass is 332 g/mol. The summed E-state index contributed by atoms with van der Waals surface area (Å²) in [5.41, 5.74) is 2.73. The van der Waals surface area contributed by atoms with Crippen molar-refractivity contribution in [1.82, 2.24) is 9.80 Å². The molecule has 1 aromatic rings. The summed E-state index contributed by atoms with van der Waals surface area (Å²) in [6.07, 6.45) is 5.80. The number of ether oxygens (including phenoxy) is 1. The van der Waals surface area contributed by atoms with E-state index in [0.717, 1.165) is 25.9 Å². The van der Waals surface area contributed by atoms with Gasteiger partial charge >= 0.3 is 0 Å². The Kier molecular flexibility index (Phi) is 6.67. The van der Waals surface area contributed by atoms with Crippen molar-refractivity contribution in [2.75, 3.05) is 46.4 Å². The third-order valence-corrected chi connectivity index (χ3v) is 5.32. The molecular formula is C20H32N2O2. The van der Waals surface area contributed by atoms with Crippen molar-refractivity contribution < 1.29 is 9.84 Å². The highest BCUT2D eigenvalue weighted by Gasteiger charge is 2.21. The average molecular weight is 332 g/mol. The highest BCUT2D eigenvalue weighted by atomic mass is 16.5. The molecule has 0 aromatic heterocycles. The summed E-state index contributed by atoms with van der Waals surface area (Å²) in [5, 5.41) is 10.3. The number of aliphatic hydroxyl groups excluding tert-OH is 1. The fourth-order valence-corrected chi connectivity index (χ4v) is 3.93. The highest BCUT2D eigenvalue weighted by Crippen LogP contribution is 2.32. The summed E-state index contributed by atoms with van der Waals surface area (Å²) < 4.78 is 6.06. The lowest BCUT2D eigenvalue weighted by Crippen LogP contribution is -2.37. The topological polar surface area (TPSA) is 35.9 Å². The molecule has 3 rings (SSSR count). The second-order valence-electron chi connectivity index (χ2n) is 7.38. The van der Waals surface area contributed by atoms with E-state index in [-0.39, 0.29) is 6.10 Å². The van der Waals surface area contributed by atoms with E-state index in [2.05, 4.69) is 41.1 Å². The van der Waals surface area contributed by atoms with Crippen LogP contribution in [0.1, 0.15) is 42.9 Å². The molecule has 1 aliphatic carbocycles. The van der Waals surface area contributed by atoms with Gasteiger partial charge in [-0.05, 0) is 63.4 Å². The lowest BCUT2D eigenvalue weighted by Gasteiger charge is -2.28. The maximum absolute atomic E-state index is 10.3. The molecule has 1 aromatic carbocycles. The van der Waals surface area contributed by atoms with E-state index in [1.165, 1.54) is 43.5 Å². The van der Waals surface area contributed by atoms with Crippen molar-refractivity contribution in [2.45, 2.75) is 44.3 Å². The number of aliphatic hydroxyl groups is 1.